The molecule has 0 amide bonds. The molecule has 0 saturated heterocycles. The minimum atomic E-state index is -0.874. The molecule has 0 bridgehead atoms. The van der Waals surface area contributed by atoms with E-state index in [1.807, 2.05) is 0 Å². The number of aromatic nitrogens is 2. The first kappa shape index (κ1) is 12.6. The van der Waals surface area contributed by atoms with Crippen molar-refractivity contribution in [2.24, 2.45) is 0 Å². The summed E-state index contributed by atoms with van der Waals surface area (Å²) in [5.41, 5.74) is 11.7. The molecule has 0 saturated carbocycles. The first-order valence-corrected chi connectivity index (χ1v) is 6.00. The van der Waals surface area contributed by atoms with E-state index in [9.17, 15) is 8.78 Å². The summed E-state index contributed by atoms with van der Waals surface area (Å²) < 4.78 is 25.7. The fourth-order valence-corrected chi connectivity index (χ4v) is 2.12. The zero-order valence-electron chi connectivity index (χ0n) is 9.23. The highest BCUT2D eigenvalue weighted by Gasteiger charge is 2.05. The second kappa shape index (κ2) is 5.18. The Hall–Kier alpha value is -1.89. The summed E-state index contributed by atoms with van der Waals surface area (Å²) in [7, 11) is 0. The molecule has 2 rings (SSSR count). The van der Waals surface area contributed by atoms with Gasteiger partial charge in [0, 0.05) is 11.8 Å². The maximum absolute atomic E-state index is 13.0. The van der Waals surface area contributed by atoms with E-state index in [0.29, 0.717) is 16.5 Å². The highest BCUT2D eigenvalue weighted by molar-refractivity contribution is 7.98. The van der Waals surface area contributed by atoms with Crippen molar-refractivity contribution in [3.05, 3.63) is 41.5 Å². The van der Waals surface area contributed by atoms with Gasteiger partial charge in [0.05, 0.1) is 0 Å². The zero-order chi connectivity index (χ0) is 13.1. The molecule has 0 spiro atoms. The molecule has 1 aromatic heterocycles. The van der Waals surface area contributed by atoms with Gasteiger partial charge in [-0.1, -0.05) is 17.8 Å². The molecule has 0 radical (unpaired) electrons. The summed E-state index contributed by atoms with van der Waals surface area (Å²) >= 11 is 1.25. The molecule has 0 aliphatic heterocycles. The molecule has 18 heavy (non-hydrogen) atoms. The third-order valence-electron chi connectivity index (χ3n) is 2.10. The average molecular weight is 268 g/mol. The highest BCUT2D eigenvalue weighted by atomic mass is 32.2. The van der Waals surface area contributed by atoms with Gasteiger partial charge in [-0.15, -0.1) is 0 Å². The minimum absolute atomic E-state index is 0.273. The van der Waals surface area contributed by atoms with Crippen LogP contribution >= 0.6 is 11.8 Å². The van der Waals surface area contributed by atoms with Gasteiger partial charge in [-0.05, 0) is 17.7 Å². The zero-order valence-corrected chi connectivity index (χ0v) is 10.0. The third kappa shape index (κ3) is 3.07. The Bertz CT molecular complexity index is 557. The molecule has 4 N–H and O–H groups in total. The number of rotatable bonds is 3. The van der Waals surface area contributed by atoms with Crippen LogP contribution in [0.15, 0.2) is 29.4 Å². The monoisotopic (exact) mass is 268 g/mol. The molecule has 2 aromatic rings. The maximum atomic E-state index is 13.0. The van der Waals surface area contributed by atoms with Gasteiger partial charge in [-0.3, -0.25) is 0 Å². The topological polar surface area (TPSA) is 77.8 Å². The molecule has 0 fully saturated rings. The van der Waals surface area contributed by atoms with Gasteiger partial charge in [0.25, 0.3) is 0 Å². The standard InChI is InChI=1S/C11H10F2N4S/c12-7-2-1-6(3-8(7)13)5-18-11-16-9(14)4-10(15)17-11/h1-4H,5H2,(H4,14,15,16,17). The number of anilines is 2. The molecule has 0 unspecified atom stereocenters. The van der Waals surface area contributed by atoms with E-state index in [4.69, 9.17) is 11.5 Å². The number of hydrogen-bond donors (Lipinski definition) is 2. The molecule has 94 valence electrons. The van der Waals surface area contributed by atoms with Crippen LogP contribution in [0.25, 0.3) is 0 Å². The van der Waals surface area contributed by atoms with Crippen molar-refractivity contribution < 1.29 is 8.78 Å². The first-order chi connectivity index (χ1) is 8.54. The second-order valence-corrected chi connectivity index (χ2v) is 4.48. The molecule has 1 heterocycles. The fourth-order valence-electron chi connectivity index (χ4n) is 1.30. The van der Waals surface area contributed by atoms with Gasteiger partial charge in [-0.2, -0.15) is 0 Å². The molecule has 0 aliphatic carbocycles. The van der Waals surface area contributed by atoms with Crippen LogP contribution in [0.5, 0.6) is 0 Å². The van der Waals surface area contributed by atoms with Crippen LogP contribution in [0, 0.1) is 11.6 Å². The number of thioether (sulfide) groups is 1. The lowest BCUT2D eigenvalue weighted by Crippen LogP contribution is -1.99. The van der Waals surface area contributed by atoms with Crippen molar-refractivity contribution in [3.63, 3.8) is 0 Å². The minimum Gasteiger partial charge on any atom is -0.383 e. The highest BCUT2D eigenvalue weighted by Crippen LogP contribution is 2.22. The summed E-state index contributed by atoms with van der Waals surface area (Å²) in [6.45, 7) is 0. The Morgan fingerprint density at radius 3 is 2.28 bits per heavy atom. The lowest BCUT2D eigenvalue weighted by Gasteiger charge is -2.03. The summed E-state index contributed by atoms with van der Waals surface area (Å²) in [4.78, 5) is 7.94. The van der Waals surface area contributed by atoms with Crippen molar-refractivity contribution in [1.82, 2.24) is 9.97 Å². The smallest absolute Gasteiger partial charge is 0.191 e. The van der Waals surface area contributed by atoms with Gasteiger partial charge in [0.15, 0.2) is 16.8 Å². The summed E-state index contributed by atoms with van der Waals surface area (Å²) in [6, 6.07) is 5.17. The average Bonchev–Trinajstić information content (AvgIpc) is 2.29. The van der Waals surface area contributed by atoms with E-state index in [1.165, 1.54) is 23.9 Å². The molecule has 0 atom stereocenters. The molecular weight excluding hydrogens is 258 g/mol. The van der Waals surface area contributed by atoms with Gasteiger partial charge in [0.1, 0.15) is 11.6 Å². The van der Waals surface area contributed by atoms with Gasteiger partial charge >= 0.3 is 0 Å². The van der Waals surface area contributed by atoms with Gasteiger partial charge < -0.3 is 11.5 Å². The SMILES string of the molecule is Nc1cc(N)nc(SCc2ccc(F)c(F)c2)n1. The maximum Gasteiger partial charge on any atom is 0.191 e. The van der Waals surface area contributed by atoms with Crippen LogP contribution in [0.2, 0.25) is 0 Å². The molecule has 0 aliphatic rings. The van der Waals surface area contributed by atoms with E-state index >= 15 is 0 Å². The number of halogens is 2. The van der Waals surface area contributed by atoms with E-state index in [1.54, 1.807) is 0 Å². The largest absolute Gasteiger partial charge is 0.383 e. The molecular formula is C11H10F2N4S. The predicted octanol–water partition coefficient (Wildman–Crippen LogP) is 2.21. The first-order valence-electron chi connectivity index (χ1n) is 5.01. The van der Waals surface area contributed by atoms with Crippen LogP contribution in [0.1, 0.15) is 5.56 Å². The third-order valence-corrected chi connectivity index (χ3v) is 3.02. The second-order valence-electron chi connectivity index (χ2n) is 3.54. The van der Waals surface area contributed by atoms with Crippen LogP contribution in [-0.2, 0) is 5.75 Å². The van der Waals surface area contributed by atoms with Crippen LogP contribution in [0.3, 0.4) is 0 Å². The fraction of sp³-hybridized carbons (Fsp3) is 0.0909. The Morgan fingerprint density at radius 1 is 1.00 bits per heavy atom. The number of nitrogens with zero attached hydrogens (tertiary/aromatic N) is 2. The van der Waals surface area contributed by atoms with Crippen molar-refractivity contribution in [2.45, 2.75) is 10.9 Å². The van der Waals surface area contributed by atoms with Crippen LogP contribution in [0.4, 0.5) is 20.4 Å². The van der Waals surface area contributed by atoms with E-state index in [0.717, 1.165) is 12.1 Å². The van der Waals surface area contributed by atoms with Crippen molar-refractivity contribution >= 4 is 23.4 Å². The van der Waals surface area contributed by atoms with E-state index in [-0.39, 0.29) is 11.6 Å². The lowest BCUT2D eigenvalue weighted by molar-refractivity contribution is 0.507. The number of nitrogens with two attached hydrogens (primary N) is 2. The number of hydrogen-bond acceptors (Lipinski definition) is 5. The summed E-state index contributed by atoms with van der Waals surface area (Å²) in [5.74, 6) is -0.792. The van der Waals surface area contributed by atoms with Crippen molar-refractivity contribution in [1.29, 1.82) is 0 Å². The molecule has 7 heteroatoms. The van der Waals surface area contributed by atoms with Crippen LogP contribution in [-0.4, -0.2) is 9.97 Å². The van der Waals surface area contributed by atoms with E-state index < -0.39 is 11.6 Å². The molecule has 4 nitrogen and oxygen atoms in total. The van der Waals surface area contributed by atoms with Crippen molar-refractivity contribution in [2.75, 3.05) is 11.5 Å². The van der Waals surface area contributed by atoms with E-state index in [2.05, 4.69) is 9.97 Å². The Balaban J connectivity index is 2.08. The predicted molar refractivity (Wildman–Crippen MR) is 66.8 cm³/mol. The summed E-state index contributed by atoms with van der Waals surface area (Å²) in [5, 5.41) is 0.400. The lowest BCUT2D eigenvalue weighted by atomic mass is 10.2. The van der Waals surface area contributed by atoms with Crippen molar-refractivity contribution in [3.8, 4) is 0 Å². The Kier molecular flexibility index (Phi) is 3.61. The number of benzene rings is 1. The Labute approximate surface area is 106 Å². The molecule has 1 aromatic carbocycles. The van der Waals surface area contributed by atoms with Gasteiger partial charge in [-0.25, -0.2) is 18.7 Å². The number of nitrogen functional groups attached to an aromatic ring is 2. The Morgan fingerprint density at radius 2 is 1.67 bits per heavy atom. The normalized spacial score (nSPS) is 10.6. The quantitative estimate of drug-likeness (QED) is 0.659. The summed E-state index contributed by atoms with van der Waals surface area (Å²) in [6.07, 6.45) is 0. The van der Waals surface area contributed by atoms with Gasteiger partial charge in [0.2, 0.25) is 0 Å². The van der Waals surface area contributed by atoms with Crippen LogP contribution < -0.4 is 11.5 Å².